The molecule has 1 aromatic heterocycles. The van der Waals surface area contributed by atoms with E-state index in [0.29, 0.717) is 22.8 Å². The number of rotatable bonds is 3. The van der Waals surface area contributed by atoms with Crippen molar-refractivity contribution in [2.75, 3.05) is 0 Å². The van der Waals surface area contributed by atoms with Crippen molar-refractivity contribution >= 4 is 11.6 Å². The number of aliphatic hydroxyl groups excluding tert-OH is 1. The van der Waals surface area contributed by atoms with Crippen molar-refractivity contribution in [3.8, 4) is 0 Å². The first-order valence-corrected chi connectivity index (χ1v) is 5.12. The van der Waals surface area contributed by atoms with Crippen LogP contribution in [0.2, 0.25) is 5.02 Å². The van der Waals surface area contributed by atoms with Crippen LogP contribution < -0.4 is 0 Å². The van der Waals surface area contributed by atoms with Gasteiger partial charge in [0.15, 0.2) is 0 Å². The minimum atomic E-state index is -0.302. The van der Waals surface area contributed by atoms with Gasteiger partial charge in [-0.2, -0.15) is 0 Å². The molecule has 0 saturated carbocycles. The molecule has 0 aliphatic carbocycles. The lowest BCUT2D eigenvalue weighted by Crippen LogP contribution is -1.99. The molecule has 1 N–H and O–H groups in total. The number of benzene rings is 1. The summed E-state index contributed by atoms with van der Waals surface area (Å²) in [6.07, 6.45) is 3.21. The Balaban J connectivity index is 2.22. The highest BCUT2D eigenvalue weighted by atomic mass is 35.5. The SMILES string of the molecule is OCc1cn(Cc2cc(Cl)ccc2F)cn1. The summed E-state index contributed by atoms with van der Waals surface area (Å²) in [5, 5.41) is 9.34. The molecule has 16 heavy (non-hydrogen) atoms. The first-order chi connectivity index (χ1) is 7.69. The molecule has 0 atom stereocenters. The largest absolute Gasteiger partial charge is 0.390 e. The molecular weight excluding hydrogens is 231 g/mol. The fraction of sp³-hybridized carbons (Fsp3) is 0.182. The van der Waals surface area contributed by atoms with Crippen LogP contribution in [0.1, 0.15) is 11.3 Å². The van der Waals surface area contributed by atoms with Crippen molar-refractivity contribution in [3.63, 3.8) is 0 Å². The topological polar surface area (TPSA) is 38.0 Å². The first kappa shape index (κ1) is 11.1. The standard InChI is InChI=1S/C11H10ClFN2O/c12-9-1-2-11(13)8(3-9)4-15-5-10(6-16)14-7-15/h1-3,5,7,16H,4,6H2. The second kappa shape index (κ2) is 4.63. The van der Waals surface area contributed by atoms with E-state index in [1.807, 2.05) is 0 Å². The molecular formula is C11H10ClFN2O. The van der Waals surface area contributed by atoms with Crippen molar-refractivity contribution < 1.29 is 9.50 Å². The lowest BCUT2D eigenvalue weighted by atomic mass is 10.2. The maximum atomic E-state index is 13.4. The first-order valence-electron chi connectivity index (χ1n) is 4.74. The summed E-state index contributed by atoms with van der Waals surface area (Å²) in [5.74, 6) is -0.302. The van der Waals surface area contributed by atoms with E-state index in [1.54, 1.807) is 23.2 Å². The highest BCUT2D eigenvalue weighted by molar-refractivity contribution is 6.30. The lowest BCUT2D eigenvalue weighted by molar-refractivity contribution is 0.277. The molecule has 2 aromatic rings. The van der Waals surface area contributed by atoms with E-state index in [9.17, 15) is 4.39 Å². The van der Waals surface area contributed by atoms with Gasteiger partial charge in [-0.25, -0.2) is 9.37 Å². The Labute approximate surface area is 97.1 Å². The molecule has 0 amide bonds. The molecule has 0 bridgehead atoms. The third kappa shape index (κ3) is 2.40. The van der Waals surface area contributed by atoms with Crippen molar-refractivity contribution in [3.05, 3.63) is 52.8 Å². The zero-order chi connectivity index (χ0) is 11.5. The maximum Gasteiger partial charge on any atom is 0.128 e. The van der Waals surface area contributed by atoms with Crippen LogP contribution in [0.4, 0.5) is 4.39 Å². The van der Waals surface area contributed by atoms with Crippen molar-refractivity contribution in [1.29, 1.82) is 0 Å². The summed E-state index contributed by atoms with van der Waals surface area (Å²) in [6, 6.07) is 4.42. The molecule has 5 heteroatoms. The van der Waals surface area contributed by atoms with Crippen LogP contribution >= 0.6 is 11.6 Å². The van der Waals surface area contributed by atoms with E-state index in [0.717, 1.165) is 0 Å². The summed E-state index contributed by atoms with van der Waals surface area (Å²) in [4.78, 5) is 3.94. The van der Waals surface area contributed by atoms with Crippen LogP contribution in [0, 0.1) is 5.82 Å². The monoisotopic (exact) mass is 240 g/mol. The van der Waals surface area contributed by atoms with Crippen molar-refractivity contribution in [2.45, 2.75) is 13.2 Å². The molecule has 0 fully saturated rings. The number of halogens is 2. The Morgan fingerprint density at radius 3 is 2.94 bits per heavy atom. The molecule has 0 aliphatic rings. The summed E-state index contributed by atoms with van der Waals surface area (Å²) in [6.45, 7) is 0.227. The molecule has 1 aromatic carbocycles. The number of imidazole rings is 1. The molecule has 0 aliphatic heterocycles. The maximum absolute atomic E-state index is 13.4. The van der Waals surface area contributed by atoms with Gasteiger partial charge in [0.1, 0.15) is 5.82 Å². The number of hydrogen-bond donors (Lipinski definition) is 1. The summed E-state index contributed by atoms with van der Waals surface area (Å²) in [7, 11) is 0. The number of aliphatic hydroxyl groups is 1. The van der Waals surface area contributed by atoms with Gasteiger partial charge in [0.05, 0.1) is 25.2 Å². The van der Waals surface area contributed by atoms with Gasteiger partial charge >= 0.3 is 0 Å². The Hall–Kier alpha value is -1.39. The fourth-order valence-corrected chi connectivity index (χ4v) is 1.63. The van der Waals surface area contributed by atoms with E-state index in [4.69, 9.17) is 16.7 Å². The molecule has 0 saturated heterocycles. The van der Waals surface area contributed by atoms with Crippen LogP contribution in [0.5, 0.6) is 0 Å². The molecule has 3 nitrogen and oxygen atoms in total. The summed E-state index contributed by atoms with van der Waals surface area (Å²) in [5.41, 5.74) is 1.05. The molecule has 2 rings (SSSR count). The molecule has 0 radical (unpaired) electrons. The normalized spacial score (nSPS) is 10.7. The lowest BCUT2D eigenvalue weighted by Gasteiger charge is -2.04. The van der Waals surface area contributed by atoms with E-state index in [-0.39, 0.29) is 12.4 Å². The van der Waals surface area contributed by atoms with Gasteiger partial charge in [0, 0.05) is 16.8 Å². The second-order valence-electron chi connectivity index (χ2n) is 3.43. The van der Waals surface area contributed by atoms with Crippen LogP contribution in [-0.2, 0) is 13.2 Å². The summed E-state index contributed by atoms with van der Waals surface area (Å²) >= 11 is 5.78. The zero-order valence-electron chi connectivity index (χ0n) is 8.40. The Morgan fingerprint density at radius 2 is 2.25 bits per heavy atom. The molecule has 0 spiro atoms. The minimum absolute atomic E-state index is 0.120. The molecule has 1 heterocycles. The van der Waals surface area contributed by atoms with Gasteiger partial charge in [-0.3, -0.25) is 0 Å². The van der Waals surface area contributed by atoms with Gasteiger partial charge in [0.2, 0.25) is 0 Å². The fourth-order valence-electron chi connectivity index (χ4n) is 1.44. The minimum Gasteiger partial charge on any atom is -0.390 e. The average molecular weight is 241 g/mol. The highest BCUT2D eigenvalue weighted by Gasteiger charge is 2.04. The zero-order valence-corrected chi connectivity index (χ0v) is 9.15. The van der Waals surface area contributed by atoms with Crippen LogP contribution in [0.15, 0.2) is 30.7 Å². The second-order valence-corrected chi connectivity index (χ2v) is 3.87. The average Bonchev–Trinajstić information content (AvgIpc) is 2.71. The van der Waals surface area contributed by atoms with E-state index >= 15 is 0 Å². The van der Waals surface area contributed by atoms with E-state index in [1.165, 1.54) is 12.1 Å². The van der Waals surface area contributed by atoms with Crippen LogP contribution in [-0.4, -0.2) is 14.7 Å². The number of nitrogens with zero attached hydrogens (tertiary/aromatic N) is 2. The van der Waals surface area contributed by atoms with Gasteiger partial charge < -0.3 is 9.67 Å². The third-order valence-electron chi connectivity index (χ3n) is 2.21. The predicted molar refractivity (Wildman–Crippen MR) is 58.7 cm³/mol. The highest BCUT2D eigenvalue weighted by Crippen LogP contribution is 2.16. The summed E-state index contributed by atoms with van der Waals surface area (Å²) < 4.78 is 15.1. The van der Waals surface area contributed by atoms with E-state index in [2.05, 4.69) is 4.98 Å². The Bertz CT molecular complexity index is 498. The van der Waals surface area contributed by atoms with Gasteiger partial charge in [-0.1, -0.05) is 11.6 Å². The van der Waals surface area contributed by atoms with E-state index < -0.39 is 0 Å². The molecule has 0 unspecified atom stereocenters. The number of aromatic nitrogens is 2. The third-order valence-corrected chi connectivity index (χ3v) is 2.44. The Kier molecular flexibility index (Phi) is 3.22. The molecule has 84 valence electrons. The predicted octanol–water partition coefficient (Wildman–Crippen LogP) is 2.22. The number of hydrogen-bond acceptors (Lipinski definition) is 2. The van der Waals surface area contributed by atoms with Crippen molar-refractivity contribution in [1.82, 2.24) is 9.55 Å². The smallest absolute Gasteiger partial charge is 0.128 e. The van der Waals surface area contributed by atoms with Crippen LogP contribution in [0.3, 0.4) is 0 Å². The van der Waals surface area contributed by atoms with Gasteiger partial charge in [-0.05, 0) is 18.2 Å². The Morgan fingerprint density at radius 1 is 1.44 bits per heavy atom. The van der Waals surface area contributed by atoms with Crippen molar-refractivity contribution in [2.24, 2.45) is 0 Å². The van der Waals surface area contributed by atoms with Crippen LogP contribution in [0.25, 0.3) is 0 Å². The quantitative estimate of drug-likeness (QED) is 0.893. The van der Waals surface area contributed by atoms with Gasteiger partial charge in [-0.15, -0.1) is 0 Å². The van der Waals surface area contributed by atoms with Gasteiger partial charge in [0.25, 0.3) is 0 Å².